The Balaban J connectivity index is 0.00000420. The molecule has 1 aromatic rings. The first-order valence-electron chi connectivity index (χ1n) is 9.69. The van der Waals surface area contributed by atoms with Crippen LogP contribution in [-0.2, 0) is 17.4 Å². The number of carbonyl (C=O) groups is 1. The summed E-state index contributed by atoms with van der Waals surface area (Å²) < 4.78 is 37.7. The Morgan fingerprint density at radius 2 is 1.93 bits per heavy atom. The second kappa shape index (κ2) is 13.2. The number of rotatable bonds is 9. The molecule has 1 aliphatic carbocycles. The summed E-state index contributed by atoms with van der Waals surface area (Å²) in [6, 6.07) is 0. The molecule has 3 N–H and O–H groups in total. The van der Waals surface area contributed by atoms with Crippen LogP contribution in [0.5, 0.6) is 0 Å². The van der Waals surface area contributed by atoms with Gasteiger partial charge in [0.2, 0.25) is 5.91 Å². The Hall–Kier alpha value is -1.11. The lowest BCUT2D eigenvalue weighted by molar-refractivity contribution is -0.140. The van der Waals surface area contributed by atoms with E-state index >= 15 is 0 Å². The predicted molar refractivity (Wildman–Crippen MR) is 120 cm³/mol. The molecule has 6 nitrogen and oxygen atoms in total. The van der Waals surface area contributed by atoms with Crippen molar-refractivity contribution in [1.82, 2.24) is 20.9 Å². The molecule has 1 heterocycles. The summed E-state index contributed by atoms with van der Waals surface area (Å²) in [5, 5.41) is 10.5. The van der Waals surface area contributed by atoms with Crippen molar-refractivity contribution in [3.8, 4) is 0 Å². The topological polar surface area (TPSA) is 78.4 Å². The molecule has 166 valence electrons. The van der Waals surface area contributed by atoms with E-state index in [1.165, 1.54) is 12.8 Å². The summed E-state index contributed by atoms with van der Waals surface area (Å²) in [5.41, 5.74) is -0.852. The summed E-state index contributed by atoms with van der Waals surface area (Å²) >= 11 is 0.990. The van der Waals surface area contributed by atoms with Crippen LogP contribution in [0.25, 0.3) is 0 Å². The number of carbonyl (C=O) groups excluding carboxylic acids is 1. The molecule has 0 radical (unpaired) electrons. The average Bonchev–Trinajstić information content (AvgIpc) is 3.30. The average molecular weight is 547 g/mol. The van der Waals surface area contributed by atoms with Crippen LogP contribution in [0.4, 0.5) is 13.2 Å². The van der Waals surface area contributed by atoms with Crippen LogP contribution in [0.3, 0.4) is 0 Å². The number of nitrogens with one attached hydrogen (secondary N) is 3. The molecule has 0 aliphatic heterocycles. The van der Waals surface area contributed by atoms with Crippen LogP contribution in [-0.4, -0.2) is 43.0 Å². The van der Waals surface area contributed by atoms with E-state index in [1.807, 2.05) is 6.92 Å². The molecule has 1 aliphatic rings. The van der Waals surface area contributed by atoms with E-state index in [1.54, 1.807) is 0 Å². The third-order valence-electron chi connectivity index (χ3n) is 4.47. The maximum absolute atomic E-state index is 12.6. The van der Waals surface area contributed by atoms with Crippen LogP contribution < -0.4 is 16.0 Å². The third-order valence-corrected chi connectivity index (χ3v) is 5.38. The Kier molecular flexibility index (Phi) is 11.8. The van der Waals surface area contributed by atoms with E-state index in [0.29, 0.717) is 55.9 Å². The second-order valence-corrected chi connectivity index (χ2v) is 7.71. The quantitative estimate of drug-likeness (QED) is 0.191. The number of hydrogen-bond donors (Lipinski definition) is 3. The first kappa shape index (κ1) is 25.9. The number of hydrogen-bond acceptors (Lipinski definition) is 4. The van der Waals surface area contributed by atoms with Gasteiger partial charge < -0.3 is 16.0 Å². The van der Waals surface area contributed by atoms with Crippen LogP contribution in [0, 0.1) is 5.92 Å². The van der Waals surface area contributed by atoms with E-state index in [9.17, 15) is 18.0 Å². The van der Waals surface area contributed by atoms with Gasteiger partial charge in [-0.15, -0.1) is 35.3 Å². The minimum atomic E-state index is -4.41. The highest BCUT2D eigenvalue weighted by atomic mass is 127. The van der Waals surface area contributed by atoms with Crippen molar-refractivity contribution in [2.24, 2.45) is 10.9 Å². The summed E-state index contributed by atoms with van der Waals surface area (Å²) in [6.45, 7) is 3.94. The maximum Gasteiger partial charge on any atom is 0.434 e. The zero-order valence-corrected chi connectivity index (χ0v) is 19.6. The first-order chi connectivity index (χ1) is 13.4. The van der Waals surface area contributed by atoms with Gasteiger partial charge in [-0.05, 0) is 25.7 Å². The molecule has 1 fully saturated rings. The summed E-state index contributed by atoms with van der Waals surface area (Å²) in [6.07, 6.45) is 1.27. The van der Waals surface area contributed by atoms with E-state index in [4.69, 9.17) is 0 Å². The summed E-state index contributed by atoms with van der Waals surface area (Å²) in [5.74, 6) is 1.18. The fourth-order valence-electron chi connectivity index (χ4n) is 3.09. The van der Waals surface area contributed by atoms with Gasteiger partial charge in [0.1, 0.15) is 0 Å². The largest absolute Gasteiger partial charge is 0.434 e. The van der Waals surface area contributed by atoms with Crippen molar-refractivity contribution >= 4 is 47.2 Å². The molecule has 0 spiro atoms. The van der Waals surface area contributed by atoms with Crippen molar-refractivity contribution in [3.05, 3.63) is 16.1 Å². The number of aliphatic imine (C=N–C) groups is 1. The number of nitrogens with zero attached hydrogens (tertiary/aromatic N) is 2. The highest BCUT2D eigenvalue weighted by molar-refractivity contribution is 14.0. The van der Waals surface area contributed by atoms with Crippen molar-refractivity contribution in [2.75, 3.05) is 26.2 Å². The normalized spacial score (nSPS) is 15.1. The van der Waals surface area contributed by atoms with E-state index in [-0.39, 0.29) is 29.9 Å². The van der Waals surface area contributed by atoms with Crippen LogP contribution in [0.1, 0.15) is 49.7 Å². The predicted octanol–water partition coefficient (Wildman–Crippen LogP) is 3.57. The molecule has 1 amide bonds. The lowest BCUT2D eigenvalue weighted by Crippen LogP contribution is -2.41. The number of alkyl halides is 3. The van der Waals surface area contributed by atoms with Gasteiger partial charge in [-0.1, -0.05) is 12.8 Å². The molecule has 29 heavy (non-hydrogen) atoms. The summed E-state index contributed by atoms with van der Waals surface area (Å²) in [7, 11) is 0. The Morgan fingerprint density at radius 1 is 1.24 bits per heavy atom. The highest BCUT2D eigenvalue weighted by Gasteiger charge is 2.33. The van der Waals surface area contributed by atoms with Gasteiger partial charge >= 0.3 is 6.18 Å². The molecule has 0 unspecified atom stereocenters. The molecular weight excluding hydrogens is 518 g/mol. The Morgan fingerprint density at radius 3 is 2.55 bits per heavy atom. The Labute approximate surface area is 190 Å². The number of halogens is 4. The molecule has 1 aromatic heterocycles. The fourth-order valence-corrected chi connectivity index (χ4v) is 3.89. The van der Waals surface area contributed by atoms with E-state index in [0.717, 1.165) is 29.6 Å². The van der Waals surface area contributed by atoms with Gasteiger partial charge in [0, 0.05) is 44.4 Å². The van der Waals surface area contributed by atoms with Gasteiger partial charge in [-0.2, -0.15) is 13.2 Å². The molecule has 0 aromatic carbocycles. The first-order valence-corrected chi connectivity index (χ1v) is 10.6. The lowest BCUT2D eigenvalue weighted by Gasteiger charge is -2.13. The van der Waals surface area contributed by atoms with Crippen molar-refractivity contribution in [3.63, 3.8) is 0 Å². The van der Waals surface area contributed by atoms with Gasteiger partial charge in [0.25, 0.3) is 0 Å². The smallest absolute Gasteiger partial charge is 0.357 e. The van der Waals surface area contributed by atoms with Crippen molar-refractivity contribution in [2.45, 2.75) is 51.6 Å². The molecule has 0 bridgehead atoms. The van der Waals surface area contributed by atoms with Crippen molar-refractivity contribution in [1.29, 1.82) is 0 Å². The van der Waals surface area contributed by atoms with E-state index < -0.39 is 11.9 Å². The highest BCUT2D eigenvalue weighted by Crippen LogP contribution is 2.30. The summed E-state index contributed by atoms with van der Waals surface area (Å²) in [4.78, 5) is 19.8. The van der Waals surface area contributed by atoms with Gasteiger partial charge in [-0.25, -0.2) is 4.98 Å². The molecule has 2 rings (SSSR count). The zero-order chi connectivity index (χ0) is 20.4. The standard InChI is InChI=1S/C18H28F3N5OS.HI/c1-2-22-17(24-8-7-16-26-14(12-28-16)18(19,20)21)25-10-9-23-15(27)11-13-5-3-4-6-13;/h12-13H,2-11H2,1H3,(H,23,27)(H2,22,24,25);1H. The van der Waals surface area contributed by atoms with Gasteiger partial charge in [0.15, 0.2) is 11.7 Å². The fraction of sp³-hybridized carbons (Fsp3) is 0.722. The molecule has 0 atom stereocenters. The molecule has 0 saturated heterocycles. The molecular formula is C18H29F3IN5OS. The molecule has 1 saturated carbocycles. The number of guanidine groups is 1. The number of aromatic nitrogens is 1. The van der Waals surface area contributed by atoms with Crippen LogP contribution in [0.15, 0.2) is 10.4 Å². The zero-order valence-electron chi connectivity index (χ0n) is 16.5. The minimum Gasteiger partial charge on any atom is -0.357 e. The third kappa shape index (κ3) is 9.96. The van der Waals surface area contributed by atoms with E-state index in [2.05, 4.69) is 25.9 Å². The monoisotopic (exact) mass is 547 g/mol. The minimum absolute atomic E-state index is 0. The maximum atomic E-state index is 12.6. The van der Waals surface area contributed by atoms with Gasteiger partial charge in [-0.3, -0.25) is 9.79 Å². The van der Waals surface area contributed by atoms with Crippen LogP contribution in [0.2, 0.25) is 0 Å². The Bertz CT molecular complexity index is 648. The van der Waals surface area contributed by atoms with Crippen LogP contribution >= 0.6 is 35.3 Å². The second-order valence-electron chi connectivity index (χ2n) is 6.77. The van der Waals surface area contributed by atoms with Crippen molar-refractivity contribution < 1.29 is 18.0 Å². The number of thiazole rings is 1. The SMILES string of the molecule is CCNC(=NCCc1nc(C(F)(F)F)cs1)NCCNC(=O)CC1CCCC1.I. The molecule has 11 heteroatoms. The number of amides is 1. The van der Waals surface area contributed by atoms with Gasteiger partial charge in [0.05, 0.1) is 5.01 Å². The lowest BCUT2D eigenvalue weighted by atomic mass is 10.0.